The van der Waals surface area contributed by atoms with E-state index in [1.165, 1.54) is 21.7 Å². The Kier molecular flexibility index (Phi) is 7.33. The van der Waals surface area contributed by atoms with Gasteiger partial charge < -0.3 is 30.7 Å². The molecule has 2 heterocycles. The van der Waals surface area contributed by atoms with Gasteiger partial charge in [-0.3, -0.25) is 9.36 Å². The molecule has 4 amide bonds. The summed E-state index contributed by atoms with van der Waals surface area (Å²) in [5.41, 5.74) is 5.94. The Morgan fingerprint density at radius 3 is 2.56 bits per heavy atom. The number of primary amides is 1. The number of ether oxygens (including phenoxy) is 2. The van der Waals surface area contributed by atoms with Gasteiger partial charge in [0.25, 0.3) is 0 Å². The molecule has 11 nitrogen and oxygen atoms in total. The van der Waals surface area contributed by atoms with Crippen molar-refractivity contribution in [3.05, 3.63) is 60.0 Å². The van der Waals surface area contributed by atoms with Crippen LogP contribution in [0.5, 0.6) is 5.75 Å². The number of esters is 1. The van der Waals surface area contributed by atoms with Crippen molar-refractivity contribution in [2.45, 2.75) is 57.8 Å². The van der Waals surface area contributed by atoms with Crippen molar-refractivity contribution in [1.29, 1.82) is 0 Å². The first-order chi connectivity index (χ1) is 19.4. The van der Waals surface area contributed by atoms with E-state index in [1.54, 1.807) is 57.2 Å². The van der Waals surface area contributed by atoms with E-state index in [9.17, 15) is 23.6 Å². The lowest BCUT2D eigenvalue weighted by Gasteiger charge is -2.27. The Bertz CT molecular complexity index is 1530. The molecule has 1 saturated carbocycles. The van der Waals surface area contributed by atoms with Gasteiger partial charge in [0.15, 0.2) is 6.61 Å². The van der Waals surface area contributed by atoms with E-state index in [0.29, 0.717) is 28.6 Å². The summed E-state index contributed by atoms with van der Waals surface area (Å²) in [5, 5.41) is 6.02. The van der Waals surface area contributed by atoms with Gasteiger partial charge in [-0.25, -0.2) is 18.8 Å². The summed E-state index contributed by atoms with van der Waals surface area (Å²) in [6.07, 6.45) is 2.69. The molecule has 1 aliphatic heterocycles. The molecule has 1 aliphatic carbocycles. The summed E-state index contributed by atoms with van der Waals surface area (Å²) < 4.78 is 26.1. The first-order valence-corrected chi connectivity index (χ1v) is 13.3. The third kappa shape index (κ3) is 6.11. The Labute approximate surface area is 235 Å². The van der Waals surface area contributed by atoms with Gasteiger partial charge in [-0.1, -0.05) is 18.2 Å². The van der Waals surface area contributed by atoms with Crippen molar-refractivity contribution in [3.63, 3.8) is 0 Å². The molecule has 0 unspecified atom stereocenters. The summed E-state index contributed by atoms with van der Waals surface area (Å²) in [5.74, 6) is -0.808. The molecule has 41 heavy (non-hydrogen) atoms. The lowest BCUT2D eigenvalue weighted by Crippen LogP contribution is -2.49. The summed E-state index contributed by atoms with van der Waals surface area (Å²) in [7, 11) is 0. The molecular formula is C29H32FN5O6. The smallest absolute Gasteiger partial charge is 0.344 e. The molecule has 3 aromatic rings. The van der Waals surface area contributed by atoms with Crippen LogP contribution < -0.4 is 21.1 Å². The van der Waals surface area contributed by atoms with Crippen molar-refractivity contribution >= 4 is 40.5 Å². The molecule has 4 N–H and O–H groups in total. The fourth-order valence-electron chi connectivity index (χ4n) is 5.20. The highest BCUT2D eigenvalue weighted by molar-refractivity contribution is 6.06. The molecule has 0 spiro atoms. The summed E-state index contributed by atoms with van der Waals surface area (Å²) in [6.45, 7) is 4.92. The topological polar surface area (TPSA) is 145 Å². The molecule has 2 aliphatic rings. The molecule has 216 valence electrons. The number of urea groups is 1. The largest absolute Gasteiger partial charge is 0.482 e. The second kappa shape index (κ2) is 10.8. The van der Waals surface area contributed by atoms with Crippen LogP contribution in [0.25, 0.3) is 10.9 Å². The second-order valence-corrected chi connectivity index (χ2v) is 11.3. The number of nitrogens with zero attached hydrogens (tertiary/aromatic N) is 2. The van der Waals surface area contributed by atoms with Crippen LogP contribution in [0.2, 0.25) is 0 Å². The highest BCUT2D eigenvalue weighted by Gasteiger charge is 2.56. The molecule has 1 aromatic heterocycles. The minimum Gasteiger partial charge on any atom is -0.482 e. The predicted molar refractivity (Wildman–Crippen MR) is 148 cm³/mol. The number of halogens is 1. The number of likely N-dealkylation sites (tertiary alicyclic amines) is 1. The fraction of sp³-hybridized carbons (Fsp3) is 0.379. The Morgan fingerprint density at radius 1 is 1.10 bits per heavy atom. The molecule has 2 fully saturated rings. The summed E-state index contributed by atoms with van der Waals surface area (Å²) in [4.78, 5) is 52.3. The van der Waals surface area contributed by atoms with E-state index in [2.05, 4.69) is 10.6 Å². The maximum absolute atomic E-state index is 14.0. The predicted octanol–water partition coefficient (Wildman–Crippen LogP) is 3.74. The van der Waals surface area contributed by atoms with Crippen LogP contribution in [-0.2, 0) is 20.9 Å². The monoisotopic (exact) mass is 565 g/mol. The van der Waals surface area contributed by atoms with Gasteiger partial charge in [0, 0.05) is 29.7 Å². The van der Waals surface area contributed by atoms with E-state index in [0.717, 1.165) is 6.42 Å². The van der Waals surface area contributed by atoms with Crippen LogP contribution in [0.1, 0.15) is 39.2 Å². The first-order valence-electron chi connectivity index (χ1n) is 13.3. The van der Waals surface area contributed by atoms with Crippen molar-refractivity contribution < 1.29 is 33.0 Å². The molecule has 0 radical (unpaired) electrons. The van der Waals surface area contributed by atoms with Gasteiger partial charge in [-0.2, -0.15) is 0 Å². The number of nitrogens with one attached hydrogen (secondary N) is 2. The van der Waals surface area contributed by atoms with Gasteiger partial charge in [0.1, 0.15) is 23.2 Å². The van der Waals surface area contributed by atoms with E-state index in [4.69, 9.17) is 15.2 Å². The molecule has 5 rings (SSSR count). The number of aromatic nitrogens is 1. The lowest BCUT2D eigenvalue weighted by molar-refractivity contribution is -0.157. The Balaban J connectivity index is 1.32. The zero-order valence-corrected chi connectivity index (χ0v) is 23.0. The summed E-state index contributed by atoms with van der Waals surface area (Å²) >= 11 is 0. The number of nitrogens with two attached hydrogens (primary N) is 1. The van der Waals surface area contributed by atoms with E-state index in [1.807, 2.05) is 0 Å². The minimum absolute atomic E-state index is 0.00493. The molecule has 3 atom stereocenters. The standard InChI is InChI=1S/C29H32FN5O6/c1-29(2,3)41-25(36)15-40-18-8-9-22-19(12-18)21(14-34(22)27(31)38)33-28(39)35-23-10-17(23)11-24(35)26(37)32-13-16-6-4-5-7-20(16)30/h4-9,12,14,17,23-24H,10-11,13,15H2,1-3H3,(H2,31,38)(H,32,37)(H,33,39)/t17-,23-,24+/m1/s1. The van der Waals surface area contributed by atoms with E-state index >= 15 is 0 Å². The Hall–Kier alpha value is -4.61. The lowest BCUT2D eigenvalue weighted by atomic mass is 10.1. The van der Waals surface area contributed by atoms with Crippen molar-refractivity contribution in [2.75, 3.05) is 11.9 Å². The number of carbonyl (C=O) groups is 4. The van der Waals surface area contributed by atoms with E-state index in [-0.39, 0.29) is 36.7 Å². The van der Waals surface area contributed by atoms with Crippen LogP contribution in [0.15, 0.2) is 48.7 Å². The zero-order chi connectivity index (χ0) is 29.5. The van der Waals surface area contributed by atoms with Gasteiger partial charge in [0.05, 0.1) is 11.2 Å². The molecule has 0 bridgehead atoms. The third-order valence-corrected chi connectivity index (χ3v) is 7.08. The number of hydrogen-bond acceptors (Lipinski definition) is 6. The SMILES string of the molecule is CC(C)(C)OC(=O)COc1ccc2c(c1)c(NC(=O)N1[C@@H]3C[C@@H]3C[C@H]1C(=O)NCc1ccccc1F)cn2C(N)=O. The summed E-state index contributed by atoms with van der Waals surface area (Å²) in [6, 6.07) is 8.84. The normalized spacial score (nSPS) is 19.4. The second-order valence-electron chi connectivity index (χ2n) is 11.3. The Morgan fingerprint density at radius 2 is 1.85 bits per heavy atom. The van der Waals surface area contributed by atoms with Gasteiger partial charge in [-0.15, -0.1) is 0 Å². The third-order valence-electron chi connectivity index (χ3n) is 7.08. The molecule has 1 saturated heterocycles. The van der Waals surface area contributed by atoms with Crippen LogP contribution in [0, 0.1) is 11.7 Å². The number of carbonyl (C=O) groups excluding carboxylic acids is 4. The number of piperidine rings is 1. The van der Waals surface area contributed by atoms with Crippen LogP contribution >= 0.6 is 0 Å². The number of fused-ring (bicyclic) bond motifs is 2. The number of benzene rings is 2. The van der Waals surface area contributed by atoms with Crippen molar-refractivity contribution in [3.8, 4) is 5.75 Å². The van der Waals surface area contributed by atoms with Gasteiger partial charge >= 0.3 is 18.0 Å². The number of amides is 4. The highest BCUT2D eigenvalue weighted by Crippen LogP contribution is 2.48. The minimum atomic E-state index is -0.758. The fourth-order valence-corrected chi connectivity index (χ4v) is 5.20. The van der Waals surface area contributed by atoms with Gasteiger partial charge in [-0.05, 0) is 63.8 Å². The maximum atomic E-state index is 14.0. The highest BCUT2D eigenvalue weighted by atomic mass is 19.1. The zero-order valence-electron chi connectivity index (χ0n) is 23.0. The average molecular weight is 566 g/mol. The number of hydrogen-bond donors (Lipinski definition) is 3. The van der Waals surface area contributed by atoms with Gasteiger partial charge in [0.2, 0.25) is 5.91 Å². The van der Waals surface area contributed by atoms with Crippen molar-refractivity contribution in [1.82, 2.24) is 14.8 Å². The molecular weight excluding hydrogens is 533 g/mol. The van der Waals surface area contributed by atoms with Crippen molar-refractivity contribution in [2.24, 2.45) is 11.7 Å². The van der Waals surface area contributed by atoms with Crippen LogP contribution in [0.3, 0.4) is 0 Å². The van der Waals surface area contributed by atoms with Crippen LogP contribution in [-0.4, -0.2) is 57.7 Å². The first kappa shape index (κ1) is 27.9. The number of anilines is 1. The quantitative estimate of drug-likeness (QED) is 0.372. The number of rotatable bonds is 7. The molecule has 2 aromatic carbocycles. The van der Waals surface area contributed by atoms with Crippen LogP contribution in [0.4, 0.5) is 19.7 Å². The molecule has 12 heteroatoms. The maximum Gasteiger partial charge on any atom is 0.344 e. The van der Waals surface area contributed by atoms with E-state index < -0.39 is 35.5 Å². The average Bonchev–Trinajstić information content (AvgIpc) is 3.41.